The van der Waals surface area contributed by atoms with Crippen LogP contribution < -0.4 is 15.4 Å². The van der Waals surface area contributed by atoms with Gasteiger partial charge in [-0.05, 0) is 42.8 Å². The second kappa shape index (κ2) is 10.7. The fourth-order valence-corrected chi connectivity index (χ4v) is 2.29. The van der Waals surface area contributed by atoms with Gasteiger partial charge in [0, 0.05) is 18.5 Å². The Kier molecular flexibility index (Phi) is 7.95. The number of carboxylic acid groups (broad SMARTS) is 1. The second-order valence-corrected chi connectivity index (χ2v) is 5.93. The van der Waals surface area contributed by atoms with Crippen LogP contribution in [0.1, 0.15) is 23.2 Å². The van der Waals surface area contributed by atoms with E-state index in [0.717, 1.165) is 12.1 Å². The zero-order valence-corrected chi connectivity index (χ0v) is 15.1. The van der Waals surface area contributed by atoms with E-state index in [1.54, 1.807) is 24.3 Å². The maximum atomic E-state index is 12.9. The first-order valence-corrected chi connectivity index (χ1v) is 8.70. The number of hydrogen-bond donors (Lipinski definition) is 3. The average Bonchev–Trinajstić information content (AvgIpc) is 2.70. The van der Waals surface area contributed by atoms with Crippen molar-refractivity contribution in [2.75, 3.05) is 13.1 Å². The Bertz CT molecular complexity index is 796. The van der Waals surface area contributed by atoms with E-state index < -0.39 is 17.9 Å². The molecule has 2 amide bonds. The molecule has 2 aromatic rings. The first-order valence-electron chi connectivity index (χ1n) is 8.70. The van der Waals surface area contributed by atoms with Crippen molar-refractivity contribution in [1.82, 2.24) is 10.6 Å². The number of nitrogens with one attached hydrogen (secondary N) is 2. The van der Waals surface area contributed by atoms with Crippen LogP contribution >= 0.6 is 0 Å². The Balaban J connectivity index is 1.69. The van der Waals surface area contributed by atoms with E-state index in [1.165, 1.54) is 12.1 Å². The lowest BCUT2D eigenvalue weighted by Gasteiger charge is -2.16. The molecule has 0 spiro atoms. The molecule has 0 aliphatic heterocycles. The molecule has 2 aromatic carbocycles. The summed E-state index contributed by atoms with van der Waals surface area (Å²) in [6, 6.07) is 13.6. The molecule has 0 saturated heterocycles. The van der Waals surface area contributed by atoms with Gasteiger partial charge >= 0.3 is 5.97 Å². The molecule has 7 nitrogen and oxygen atoms in total. The minimum absolute atomic E-state index is 0.123. The molecule has 0 bridgehead atoms. The third-order valence-electron chi connectivity index (χ3n) is 3.75. The highest BCUT2D eigenvalue weighted by Gasteiger charge is 2.20. The molecule has 1 unspecified atom stereocenters. The zero-order chi connectivity index (χ0) is 20.4. The van der Waals surface area contributed by atoms with E-state index >= 15 is 0 Å². The third kappa shape index (κ3) is 7.06. The maximum absolute atomic E-state index is 12.9. The van der Waals surface area contributed by atoms with E-state index in [1.807, 2.05) is 6.07 Å². The number of ether oxygens (including phenoxy) is 1. The van der Waals surface area contributed by atoms with Crippen LogP contribution in [0, 0.1) is 5.82 Å². The summed E-state index contributed by atoms with van der Waals surface area (Å²) in [7, 11) is 0. The number of halogens is 1. The standard InChI is InChI=1S/C20H21FN2O5/c21-15-8-10-16(11-9-15)28-17(20(26)27)13-23-18(24)7-4-12-22-19(25)14-5-2-1-3-6-14/h1-3,5-6,8-11,17H,4,7,12-13H2,(H,22,25)(H,23,24)(H,26,27). The molecule has 3 N–H and O–H groups in total. The number of hydrogen-bond acceptors (Lipinski definition) is 4. The van der Waals surface area contributed by atoms with E-state index in [2.05, 4.69) is 10.6 Å². The molecule has 148 valence electrons. The molecule has 8 heteroatoms. The molecular formula is C20H21FN2O5. The van der Waals surface area contributed by atoms with Gasteiger partial charge in [-0.3, -0.25) is 9.59 Å². The summed E-state index contributed by atoms with van der Waals surface area (Å²) in [5.74, 6) is -2.11. The smallest absolute Gasteiger partial charge is 0.346 e. The highest BCUT2D eigenvalue weighted by molar-refractivity contribution is 5.94. The fraction of sp³-hybridized carbons (Fsp3) is 0.250. The Morgan fingerprint density at radius 1 is 1.00 bits per heavy atom. The molecule has 0 saturated carbocycles. The van der Waals surface area contributed by atoms with Crippen molar-refractivity contribution in [2.24, 2.45) is 0 Å². The van der Waals surface area contributed by atoms with Crippen LogP contribution in [0.2, 0.25) is 0 Å². The summed E-state index contributed by atoms with van der Waals surface area (Å²) in [5, 5.41) is 14.4. The summed E-state index contributed by atoms with van der Waals surface area (Å²) >= 11 is 0. The van der Waals surface area contributed by atoms with Crippen molar-refractivity contribution in [3.8, 4) is 5.75 Å². The molecule has 0 aliphatic carbocycles. The van der Waals surface area contributed by atoms with Gasteiger partial charge in [0.25, 0.3) is 5.91 Å². The highest BCUT2D eigenvalue weighted by atomic mass is 19.1. The molecular weight excluding hydrogens is 367 g/mol. The van der Waals surface area contributed by atoms with Gasteiger partial charge in [0.15, 0.2) is 0 Å². The average molecular weight is 388 g/mol. The van der Waals surface area contributed by atoms with Gasteiger partial charge in [-0.15, -0.1) is 0 Å². The normalized spacial score (nSPS) is 11.3. The summed E-state index contributed by atoms with van der Waals surface area (Å²) in [6.45, 7) is 0.0809. The lowest BCUT2D eigenvalue weighted by molar-refractivity contribution is -0.145. The van der Waals surface area contributed by atoms with Crippen LogP contribution in [0.5, 0.6) is 5.75 Å². The van der Waals surface area contributed by atoms with Crippen LogP contribution in [-0.2, 0) is 9.59 Å². The SMILES string of the molecule is O=C(CCCNC(=O)c1ccccc1)NCC(Oc1ccc(F)cc1)C(=O)O. The molecule has 1 atom stereocenters. The predicted octanol–water partition coefficient (Wildman–Crippen LogP) is 1.98. The lowest BCUT2D eigenvalue weighted by atomic mass is 10.2. The number of aliphatic carboxylic acids is 1. The van der Waals surface area contributed by atoms with Crippen LogP contribution in [0.15, 0.2) is 54.6 Å². The molecule has 28 heavy (non-hydrogen) atoms. The largest absolute Gasteiger partial charge is 0.478 e. The van der Waals surface area contributed by atoms with Gasteiger partial charge in [-0.1, -0.05) is 18.2 Å². The van der Waals surface area contributed by atoms with Crippen molar-refractivity contribution in [2.45, 2.75) is 18.9 Å². The molecule has 0 heterocycles. The number of carbonyl (C=O) groups is 3. The zero-order valence-electron chi connectivity index (χ0n) is 15.1. The third-order valence-corrected chi connectivity index (χ3v) is 3.75. The summed E-state index contributed by atoms with van der Waals surface area (Å²) in [5.41, 5.74) is 0.536. The van der Waals surface area contributed by atoms with Crippen molar-refractivity contribution in [3.63, 3.8) is 0 Å². The summed E-state index contributed by atoms with van der Waals surface area (Å²) in [4.78, 5) is 35.0. The topological polar surface area (TPSA) is 105 Å². The quantitative estimate of drug-likeness (QED) is 0.540. The molecule has 0 aliphatic rings. The number of carboxylic acids is 1. The van der Waals surface area contributed by atoms with Crippen LogP contribution in [0.4, 0.5) is 4.39 Å². The Morgan fingerprint density at radius 3 is 2.32 bits per heavy atom. The van der Waals surface area contributed by atoms with Gasteiger partial charge in [-0.2, -0.15) is 0 Å². The molecule has 0 fully saturated rings. The number of rotatable bonds is 10. The number of amides is 2. The van der Waals surface area contributed by atoms with E-state index in [4.69, 9.17) is 4.74 Å². The van der Waals surface area contributed by atoms with Crippen molar-refractivity contribution < 1.29 is 28.6 Å². The van der Waals surface area contributed by atoms with E-state index in [9.17, 15) is 23.9 Å². The minimum Gasteiger partial charge on any atom is -0.478 e. The van der Waals surface area contributed by atoms with Gasteiger partial charge in [0.05, 0.1) is 6.54 Å². The van der Waals surface area contributed by atoms with Crippen LogP contribution in [-0.4, -0.2) is 42.1 Å². The van der Waals surface area contributed by atoms with Crippen LogP contribution in [0.25, 0.3) is 0 Å². The van der Waals surface area contributed by atoms with Crippen molar-refractivity contribution in [3.05, 3.63) is 66.0 Å². The highest BCUT2D eigenvalue weighted by Crippen LogP contribution is 2.13. The second-order valence-electron chi connectivity index (χ2n) is 5.93. The first-order chi connectivity index (χ1) is 13.5. The van der Waals surface area contributed by atoms with Gasteiger partial charge in [0.1, 0.15) is 11.6 Å². The van der Waals surface area contributed by atoms with Gasteiger partial charge in [-0.25, -0.2) is 9.18 Å². The maximum Gasteiger partial charge on any atom is 0.346 e. The van der Waals surface area contributed by atoms with Crippen LogP contribution in [0.3, 0.4) is 0 Å². The van der Waals surface area contributed by atoms with Crippen molar-refractivity contribution in [1.29, 1.82) is 0 Å². The fourth-order valence-electron chi connectivity index (χ4n) is 2.29. The predicted molar refractivity (Wildman–Crippen MR) is 99.5 cm³/mol. The number of carbonyl (C=O) groups excluding carboxylic acids is 2. The molecule has 0 radical (unpaired) electrons. The Morgan fingerprint density at radius 2 is 1.68 bits per heavy atom. The monoisotopic (exact) mass is 388 g/mol. The lowest BCUT2D eigenvalue weighted by Crippen LogP contribution is -2.40. The van der Waals surface area contributed by atoms with Crippen molar-refractivity contribution >= 4 is 17.8 Å². The van der Waals surface area contributed by atoms with Gasteiger partial charge in [0.2, 0.25) is 12.0 Å². The minimum atomic E-state index is -1.30. The molecule has 2 rings (SSSR count). The van der Waals surface area contributed by atoms with E-state index in [-0.39, 0.29) is 30.5 Å². The Hall–Kier alpha value is -3.42. The summed E-state index contributed by atoms with van der Waals surface area (Å²) in [6.07, 6.45) is -0.772. The molecule has 0 aromatic heterocycles. The number of benzene rings is 2. The first kappa shape index (κ1) is 20.9. The summed E-state index contributed by atoms with van der Waals surface area (Å²) < 4.78 is 18.1. The Labute approximate surface area is 161 Å². The van der Waals surface area contributed by atoms with E-state index in [0.29, 0.717) is 18.5 Å². The van der Waals surface area contributed by atoms with Gasteiger partial charge < -0.3 is 20.5 Å².